The van der Waals surface area contributed by atoms with Crippen LogP contribution < -0.4 is 4.72 Å². The monoisotopic (exact) mass is 567 g/mol. The maximum Gasteiger partial charge on any atom is 0.295 e. The minimum absolute atomic E-state index is 0.0171. The number of rotatable bonds is 5. The standard InChI is InChI=1S/C31H37NO5S2/c1-19(2)32-38(33,34)28-24(30(3,4)5)17-20-13-9-11-15-22(20)26(28)27-23-16-12-10-14-21(23)18-25(31(6,7)8)29(27)39(35,36)37/h9-19,32H,1-8H3,(H,35,36,37). The molecule has 0 spiro atoms. The number of benzene rings is 4. The lowest BCUT2D eigenvalue weighted by Crippen LogP contribution is -2.33. The summed E-state index contributed by atoms with van der Waals surface area (Å²) >= 11 is 0. The Morgan fingerprint density at radius 2 is 1.05 bits per heavy atom. The Balaban J connectivity index is 2.47. The molecule has 0 fully saturated rings. The van der Waals surface area contributed by atoms with Gasteiger partial charge in [0.25, 0.3) is 10.1 Å². The molecule has 0 aliphatic rings. The van der Waals surface area contributed by atoms with Crippen LogP contribution in [0, 0.1) is 0 Å². The van der Waals surface area contributed by atoms with E-state index >= 15 is 0 Å². The molecule has 0 atom stereocenters. The van der Waals surface area contributed by atoms with E-state index in [2.05, 4.69) is 4.72 Å². The molecular weight excluding hydrogens is 530 g/mol. The van der Waals surface area contributed by atoms with E-state index in [0.717, 1.165) is 10.8 Å². The van der Waals surface area contributed by atoms with Crippen molar-refractivity contribution in [2.24, 2.45) is 0 Å². The van der Waals surface area contributed by atoms with Gasteiger partial charge in [0.2, 0.25) is 10.0 Å². The van der Waals surface area contributed by atoms with Gasteiger partial charge in [-0.15, -0.1) is 0 Å². The first kappa shape index (κ1) is 29.2. The highest BCUT2D eigenvalue weighted by Gasteiger charge is 2.36. The minimum Gasteiger partial charge on any atom is -0.282 e. The van der Waals surface area contributed by atoms with Gasteiger partial charge in [-0.3, -0.25) is 4.55 Å². The van der Waals surface area contributed by atoms with Crippen molar-refractivity contribution < 1.29 is 21.4 Å². The molecule has 0 aromatic heterocycles. The third kappa shape index (κ3) is 5.48. The fraction of sp³-hybridized carbons (Fsp3) is 0.355. The molecule has 0 heterocycles. The van der Waals surface area contributed by atoms with Crippen LogP contribution in [-0.2, 0) is 31.0 Å². The molecule has 6 nitrogen and oxygen atoms in total. The Hall–Kier alpha value is -2.78. The van der Waals surface area contributed by atoms with Crippen molar-refractivity contribution in [1.82, 2.24) is 4.72 Å². The highest BCUT2D eigenvalue weighted by molar-refractivity contribution is 7.89. The number of sulfonamides is 1. The van der Waals surface area contributed by atoms with Crippen molar-refractivity contribution in [3.8, 4) is 11.1 Å². The Morgan fingerprint density at radius 3 is 1.44 bits per heavy atom. The number of nitrogens with one attached hydrogen (secondary N) is 1. The van der Waals surface area contributed by atoms with E-state index in [-0.39, 0.29) is 20.9 Å². The van der Waals surface area contributed by atoms with Crippen LogP contribution in [0.5, 0.6) is 0 Å². The molecule has 0 unspecified atom stereocenters. The van der Waals surface area contributed by atoms with Gasteiger partial charge in [0.1, 0.15) is 4.90 Å². The second-order valence-corrected chi connectivity index (χ2v) is 15.5. The predicted octanol–water partition coefficient (Wildman–Crippen LogP) is 7.19. The first-order chi connectivity index (χ1) is 17.8. The van der Waals surface area contributed by atoms with Crippen LogP contribution in [-0.4, -0.2) is 27.4 Å². The molecule has 8 heteroatoms. The summed E-state index contributed by atoms with van der Waals surface area (Å²) in [5, 5.41) is 2.63. The lowest BCUT2D eigenvalue weighted by Gasteiger charge is -2.30. The van der Waals surface area contributed by atoms with E-state index in [1.165, 1.54) is 0 Å². The van der Waals surface area contributed by atoms with Crippen LogP contribution in [0.25, 0.3) is 32.7 Å². The zero-order chi connectivity index (χ0) is 29.1. The van der Waals surface area contributed by atoms with Gasteiger partial charge < -0.3 is 0 Å². The fourth-order valence-corrected chi connectivity index (χ4v) is 8.17. The molecule has 0 bridgehead atoms. The molecule has 0 saturated carbocycles. The maximum absolute atomic E-state index is 14.2. The smallest absolute Gasteiger partial charge is 0.282 e. The van der Waals surface area contributed by atoms with Crippen molar-refractivity contribution >= 4 is 41.7 Å². The zero-order valence-electron chi connectivity index (χ0n) is 23.7. The van der Waals surface area contributed by atoms with Gasteiger partial charge in [-0.1, -0.05) is 90.1 Å². The summed E-state index contributed by atoms with van der Waals surface area (Å²) < 4.78 is 68.5. The molecule has 4 aromatic rings. The van der Waals surface area contributed by atoms with Crippen molar-refractivity contribution in [3.63, 3.8) is 0 Å². The fourth-order valence-electron chi connectivity index (χ4n) is 5.18. The first-order valence-corrected chi connectivity index (χ1v) is 15.9. The van der Waals surface area contributed by atoms with Crippen LogP contribution in [0.1, 0.15) is 66.5 Å². The summed E-state index contributed by atoms with van der Waals surface area (Å²) in [6.45, 7) is 14.9. The predicted molar refractivity (Wildman–Crippen MR) is 160 cm³/mol. The normalized spacial score (nSPS) is 13.5. The molecule has 0 amide bonds. The van der Waals surface area contributed by atoms with Crippen LogP contribution in [0.2, 0.25) is 0 Å². The molecule has 208 valence electrons. The highest BCUT2D eigenvalue weighted by atomic mass is 32.2. The molecule has 4 aromatic carbocycles. The second-order valence-electron chi connectivity index (χ2n) is 12.4. The average molecular weight is 568 g/mol. The van der Waals surface area contributed by atoms with Gasteiger partial charge in [-0.25, -0.2) is 13.1 Å². The zero-order valence-corrected chi connectivity index (χ0v) is 25.4. The Labute approximate surface area is 232 Å². The second kappa shape index (κ2) is 9.70. The lowest BCUT2D eigenvalue weighted by molar-refractivity contribution is 0.477. The van der Waals surface area contributed by atoms with Gasteiger partial charge in [-0.05, 0) is 69.5 Å². The SMILES string of the molecule is CC(C)NS(=O)(=O)c1c(C(C)(C)C)cc2ccccc2c1-c1c(S(=O)(=O)O)c(C(C)(C)C)cc2ccccc12. The van der Waals surface area contributed by atoms with Gasteiger partial charge in [0.05, 0.1) is 4.90 Å². The number of hydrogen-bond acceptors (Lipinski definition) is 4. The third-order valence-electron chi connectivity index (χ3n) is 6.79. The Morgan fingerprint density at radius 1 is 0.667 bits per heavy atom. The van der Waals surface area contributed by atoms with Gasteiger partial charge in [0, 0.05) is 17.2 Å². The van der Waals surface area contributed by atoms with Gasteiger partial charge in [-0.2, -0.15) is 8.42 Å². The summed E-state index contributed by atoms with van der Waals surface area (Å²) in [7, 11) is -8.95. The maximum atomic E-state index is 14.2. The van der Waals surface area contributed by atoms with E-state index in [1.54, 1.807) is 44.2 Å². The molecule has 0 aliphatic carbocycles. The lowest BCUT2D eigenvalue weighted by atomic mass is 9.80. The van der Waals surface area contributed by atoms with Crippen LogP contribution in [0.15, 0.2) is 70.5 Å². The van der Waals surface area contributed by atoms with Crippen molar-refractivity contribution in [1.29, 1.82) is 0 Å². The molecule has 0 radical (unpaired) electrons. The summed E-state index contributed by atoms with van der Waals surface area (Å²) in [4.78, 5) is -0.255. The third-order valence-corrected chi connectivity index (χ3v) is 9.47. The number of hydrogen-bond donors (Lipinski definition) is 2. The van der Waals surface area contributed by atoms with Crippen LogP contribution in [0.3, 0.4) is 0 Å². The van der Waals surface area contributed by atoms with E-state index in [9.17, 15) is 21.4 Å². The minimum atomic E-state index is -4.80. The highest BCUT2D eigenvalue weighted by Crippen LogP contribution is 2.48. The molecular formula is C31H37NO5S2. The van der Waals surface area contributed by atoms with Crippen LogP contribution in [0.4, 0.5) is 0 Å². The van der Waals surface area contributed by atoms with E-state index in [4.69, 9.17) is 0 Å². The number of fused-ring (bicyclic) bond motifs is 2. The van der Waals surface area contributed by atoms with Gasteiger partial charge >= 0.3 is 0 Å². The average Bonchev–Trinajstić information content (AvgIpc) is 2.79. The van der Waals surface area contributed by atoms with Crippen LogP contribution >= 0.6 is 0 Å². The summed E-state index contributed by atoms with van der Waals surface area (Å²) in [5.74, 6) is 0. The molecule has 2 N–H and O–H groups in total. The molecule has 4 rings (SSSR count). The summed E-state index contributed by atoms with van der Waals surface area (Å²) in [5.41, 5.74) is 0.111. The molecule has 0 aliphatic heterocycles. The van der Waals surface area contributed by atoms with E-state index in [0.29, 0.717) is 21.9 Å². The topological polar surface area (TPSA) is 101 Å². The van der Waals surface area contributed by atoms with Crippen molar-refractivity contribution in [2.75, 3.05) is 0 Å². The van der Waals surface area contributed by atoms with Crippen molar-refractivity contribution in [2.45, 2.75) is 82.1 Å². The molecule has 39 heavy (non-hydrogen) atoms. The Bertz CT molecular complexity index is 1810. The van der Waals surface area contributed by atoms with Crippen molar-refractivity contribution in [3.05, 3.63) is 71.8 Å². The first-order valence-electron chi connectivity index (χ1n) is 13.0. The quantitative estimate of drug-likeness (QED) is 0.249. The van der Waals surface area contributed by atoms with E-state index in [1.807, 2.05) is 71.9 Å². The molecule has 0 saturated heterocycles. The van der Waals surface area contributed by atoms with E-state index < -0.39 is 37.0 Å². The summed E-state index contributed by atoms with van der Waals surface area (Å²) in [6, 6.07) is 17.9. The summed E-state index contributed by atoms with van der Waals surface area (Å²) in [6.07, 6.45) is 0. The Kier molecular flexibility index (Phi) is 7.26. The van der Waals surface area contributed by atoms with Gasteiger partial charge in [0.15, 0.2) is 0 Å². The largest absolute Gasteiger partial charge is 0.295 e.